The number of hydrogen-bond donors (Lipinski definition) is 1. The largest absolute Gasteiger partial charge is 0.496 e. The fourth-order valence-corrected chi connectivity index (χ4v) is 2.70. The van der Waals surface area contributed by atoms with Crippen LogP contribution in [0, 0.1) is 19.8 Å². The Hall–Kier alpha value is -1.13. The van der Waals surface area contributed by atoms with Crippen LogP contribution in [0.25, 0.3) is 0 Å². The highest BCUT2D eigenvalue weighted by Gasteiger charge is 2.25. The van der Waals surface area contributed by atoms with Crippen molar-refractivity contribution in [1.29, 1.82) is 0 Å². The summed E-state index contributed by atoms with van der Waals surface area (Å²) in [5, 5.41) is 9.95. The van der Waals surface area contributed by atoms with E-state index in [0.29, 0.717) is 5.92 Å². The first-order valence-corrected chi connectivity index (χ1v) is 6.92. The fraction of sp³-hybridized carbons (Fsp3) is 0.667. The van der Waals surface area contributed by atoms with Crippen LogP contribution in [0.1, 0.15) is 30.2 Å². The molecule has 2 rings (SSSR count). The Morgan fingerprint density at radius 2 is 2.21 bits per heavy atom. The lowest BCUT2D eigenvalue weighted by molar-refractivity contribution is 0.0253. The molecule has 0 radical (unpaired) electrons. The van der Waals surface area contributed by atoms with Crippen molar-refractivity contribution in [1.82, 2.24) is 9.88 Å². The summed E-state index contributed by atoms with van der Waals surface area (Å²) in [5.41, 5.74) is 3.22. The van der Waals surface area contributed by atoms with Crippen molar-refractivity contribution in [3.05, 3.63) is 23.0 Å². The summed E-state index contributed by atoms with van der Waals surface area (Å²) in [6, 6.07) is 0. The molecule has 1 saturated heterocycles. The highest BCUT2D eigenvalue weighted by atomic mass is 16.5. The van der Waals surface area contributed by atoms with Gasteiger partial charge in [-0.3, -0.25) is 9.88 Å². The lowest BCUT2D eigenvalue weighted by atomic mass is 9.96. The van der Waals surface area contributed by atoms with Crippen LogP contribution >= 0.6 is 0 Å². The van der Waals surface area contributed by atoms with Gasteiger partial charge in [0.1, 0.15) is 5.75 Å². The molecule has 4 nitrogen and oxygen atoms in total. The van der Waals surface area contributed by atoms with Gasteiger partial charge in [-0.05, 0) is 32.7 Å². The molecule has 1 aromatic rings. The Balaban J connectivity index is 2.11. The lowest BCUT2D eigenvalue weighted by Crippen LogP contribution is -2.42. The molecule has 1 aromatic heterocycles. The molecule has 4 heteroatoms. The fourth-order valence-electron chi connectivity index (χ4n) is 2.70. The van der Waals surface area contributed by atoms with E-state index in [4.69, 9.17) is 4.74 Å². The van der Waals surface area contributed by atoms with E-state index in [2.05, 4.69) is 23.7 Å². The van der Waals surface area contributed by atoms with Gasteiger partial charge in [0.15, 0.2) is 0 Å². The molecule has 1 aliphatic rings. The predicted octanol–water partition coefficient (Wildman–Crippen LogP) is 1.91. The molecule has 0 aromatic carbocycles. The molecule has 0 aliphatic carbocycles. The Kier molecular flexibility index (Phi) is 4.42. The minimum atomic E-state index is -0.221. The maximum Gasteiger partial charge on any atom is 0.128 e. The van der Waals surface area contributed by atoms with Crippen LogP contribution in [-0.4, -0.2) is 41.3 Å². The number of methoxy groups -OCH3 is 1. The van der Waals surface area contributed by atoms with Gasteiger partial charge in [-0.2, -0.15) is 0 Å². The van der Waals surface area contributed by atoms with E-state index in [9.17, 15) is 5.11 Å². The molecule has 19 heavy (non-hydrogen) atoms. The van der Waals surface area contributed by atoms with Gasteiger partial charge in [-0.1, -0.05) is 6.92 Å². The van der Waals surface area contributed by atoms with Crippen LogP contribution in [0.4, 0.5) is 0 Å². The van der Waals surface area contributed by atoms with Gasteiger partial charge in [0.05, 0.1) is 18.9 Å². The number of piperidine rings is 1. The maximum absolute atomic E-state index is 9.95. The van der Waals surface area contributed by atoms with E-state index in [1.54, 1.807) is 7.11 Å². The average molecular weight is 264 g/mol. The first-order chi connectivity index (χ1) is 9.02. The summed E-state index contributed by atoms with van der Waals surface area (Å²) in [5.74, 6) is 1.33. The lowest BCUT2D eigenvalue weighted by Gasteiger charge is -2.34. The summed E-state index contributed by atoms with van der Waals surface area (Å²) < 4.78 is 5.44. The highest BCUT2D eigenvalue weighted by Crippen LogP contribution is 2.26. The Labute approximate surface area is 115 Å². The Morgan fingerprint density at radius 1 is 1.47 bits per heavy atom. The zero-order valence-corrected chi connectivity index (χ0v) is 12.3. The van der Waals surface area contributed by atoms with E-state index < -0.39 is 0 Å². The number of aliphatic hydroxyl groups is 1. The van der Waals surface area contributed by atoms with Crippen molar-refractivity contribution in [2.24, 2.45) is 5.92 Å². The van der Waals surface area contributed by atoms with Crippen molar-refractivity contribution in [2.45, 2.75) is 39.8 Å². The normalized spacial score (nSPS) is 24.5. The molecule has 106 valence electrons. The first-order valence-electron chi connectivity index (χ1n) is 6.92. The number of nitrogens with zero attached hydrogens (tertiary/aromatic N) is 2. The molecule has 2 unspecified atom stereocenters. The number of aliphatic hydroxyl groups excluding tert-OH is 1. The molecule has 1 N–H and O–H groups in total. The minimum absolute atomic E-state index is 0.221. The van der Waals surface area contributed by atoms with Gasteiger partial charge in [0.2, 0.25) is 0 Å². The third-order valence-electron chi connectivity index (χ3n) is 4.13. The van der Waals surface area contributed by atoms with E-state index in [1.165, 1.54) is 0 Å². The van der Waals surface area contributed by atoms with Crippen molar-refractivity contribution < 1.29 is 9.84 Å². The molecule has 2 atom stereocenters. The SMILES string of the molecule is COc1c(C)cnc(CN2CCC(C)C(O)C2)c1C. The van der Waals surface area contributed by atoms with Crippen LogP contribution in [-0.2, 0) is 6.54 Å². The van der Waals surface area contributed by atoms with Crippen molar-refractivity contribution in [3.63, 3.8) is 0 Å². The number of aryl methyl sites for hydroxylation is 1. The van der Waals surface area contributed by atoms with Crippen molar-refractivity contribution >= 4 is 0 Å². The third-order valence-corrected chi connectivity index (χ3v) is 4.13. The van der Waals surface area contributed by atoms with Crippen LogP contribution < -0.4 is 4.74 Å². The molecule has 2 heterocycles. The number of hydrogen-bond acceptors (Lipinski definition) is 4. The Morgan fingerprint density at radius 3 is 2.84 bits per heavy atom. The van der Waals surface area contributed by atoms with Gasteiger partial charge in [0, 0.05) is 30.4 Å². The number of aromatic nitrogens is 1. The number of β-amino-alcohol motifs (C(OH)–C–C–N with tert-alkyl or cyclic N) is 1. The summed E-state index contributed by atoms with van der Waals surface area (Å²) in [7, 11) is 1.70. The number of rotatable bonds is 3. The maximum atomic E-state index is 9.95. The number of pyridine rings is 1. The standard InChI is InChI=1S/C15H24N2O2/c1-10-5-6-17(9-14(10)18)8-13-12(3)15(19-4)11(2)7-16-13/h7,10,14,18H,5-6,8-9H2,1-4H3. The quantitative estimate of drug-likeness (QED) is 0.906. The first kappa shape index (κ1) is 14.3. The zero-order valence-electron chi connectivity index (χ0n) is 12.3. The summed E-state index contributed by atoms with van der Waals surface area (Å²) in [6.07, 6.45) is 2.69. The van der Waals surface area contributed by atoms with Crippen molar-refractivity contribution in [2.75, 3.05) is 20.2 Å². The summed E-state index contributed by atoms with van der Waals surface area (Å²) >= 11 is 0. The van der Waals surface area contributed by atoms with Crippen molar-refractivity contribution in [3.8, 4) is 5.75 Å². The van der Waals surface area contributed by atoms with Gasteiger partial charge in [0.25, 0.3) is 0 Å². The van der Waals surface area contributed by atoms with Crippen LogP contribution in [0.15, 0.2) is 6.20 Å². The van der Waals surface area contributed by atoms with E-state index >= 15 is 0 Å². The predicted molar refractivity (Wildman–Crippen MR) is 75.3 cm³/mol. The zero-order chi connectivity index (χ0) is 14.0. The molecule has 0 saturated carbocycles. The average Bonchev–Trinajstić information content (AvgIpc) is 2.38. The highest BCUT2D eigenvalue weighted by molar-refractivity contribution is 5.41. The van der Waals surface area contributed by atoms with Gasteiger partial charge in [-0.15, -0.1) is 0 Å². The summed E-state index contributed by atoms with van der Waals surface area (Å²) in [4.78, 5) is 6.79. The molecular formula is C15H24N2O2. The molecular weight excluding hydrogens is 240 g/mol. The van der Waals surface area contributed by atoms with Crippen LogP contribution in [0.3, 0.4) is 0 Å². The van der Waals surface area contributed by atoms with Crippen LogP contribution in [0.2, 0.25) is 0 Å². The van der Waals surface area contributed by atoms with Gasteiger partial charge in [-0.25, -0.2) is 0 Å². The Bertz CT molecular complexity index is 448. The van der Waals surface area contributed by atoms with E-state index in [1.807, 2.05) is 13.1 Å². The smallest absolute Gasteiger partial charge is 0.128 e. The van der Waals surface area contributed by atoms with Gasteiger partial charge < -0.3 is 9.84 Å². The van der Waals surface area contributed by atoms with E-state index in [0.717, 1.165) is 48.6 Å². The summed E-state index contributed by atoms with van der Waals surface area (Å²) in [6.45, 7) is 8.72. The van der Waals surface area contributed by atoms with Crippen LogP contribution in [0.5, 0.6) is 5.75 Å². The van der Waals surface area contributed by atoms with E-state index in [-0.39, 0.29) is 6.10 Å². The second kappa shape index (κ2) is 5.88. The van der Waals surface area contributed by atoms with Gasteiger partial charge >= 0.3 is 0 Å². The molecule has 0 spiro atoms. The second-order valence-corrected chi connectivity index (χ2v) is 5.61. The topological polar surface area (TPSA) is 45.6 Å². The number of ether oxygens (including phenoxy) is 1. The monoisotopic (exact) mass is 264 g/mol. The molecule has 0 bridgehead atoms. The molecule has 1 fully saturated rings. The minimum Gasteiger partial charge on any atom is -0.496 e. The molecule has 1 aliphatic heterocycles. The second-order valence-electron chi connectivity index (χ2n) is 5.61. The molecule has 0 amide bonds. The number of likely N-dealkylation sites (tertiary alicyclic amines) is 1. The third kappa shape index (κ3) is 3.07.